The highest BCUT2D eigenvalue weighted by atomic mass is 32.1. The second-order valence-corrected chi connectivity index (χ2v) is 8.98. The molecule has 3 aromatic rings. The fraction of sp³-hybridized carbons (Fsp3) is 0.292. The van der Waals surface area contributed by atoms with E-state index in [4.69, 9.17) is 4.74 Å². The van der Waals surface area contributed by atoms with Crippen molar-refractivity contribution in [2.75, 3.05) is 17.7 Å². The van der Waals surface area contributed by atoms with E-state index in [9.17, 15) is 18.4 Å². The Morgan fingerprint density at radius 3 is 2.42 bits per heavy atom. The SMILES string of the molecule is COC(=O)C1(c2ncc(-c3ccc(NC(=O)Nc4ccc(F)cc4F)cc3)s2)CCCCC1. The lowest BCUT2D eigenvalue weighted by molar-refractivity contribution is -0.149. The van der Waals surface area contributed by atoms with Crippen molar-refractivity contribution >= 4 is 34.7 Å². The minimum absolute atomic E-state index is 0.120. The van der Waals surface area contributed by atoms with E-state index in [-0.39, 0.29) is 11.7 Å². The third-order valence-electron chi connectivity index (χ3n) is 5.80. The highest BCUT2D eigenvalue weighted by Crippen LogP contribution is 2.43. The lowest BCUT2D eigenvalue weighted by Crippen LogP contribution is -2.38. The molecule has 1 aliphatic rings. The molecule has 1 heterocycles. The maximum absolute atomic E-state index is 13.7. The highest BCUT2D eigenvalue weighted by molar-refractivity contribution is 7.15. The molecule has 2 amide bonds. The van der Waals surface area contributed by atoms with Crippen molar-refractivity contribution in [3.63, 3.8) is 0 Å². The molecule has 0 aliphatic heterocycles. The van der Waals surface area contributed by atoms with Gasteiger partial charge in [0.25, 0.3) is 0 Å². The summed E-state index contributed by atoms with van der Waals surface area (Å²) in [7, 11) is 1.42. The van der Waals surface area contributed by atoms with E-state index in [1.807, 2.05) is 12.1 Å². The summed E-state index contributed by atoms with van der Waals surface area (Å²) in [5, 5.41) is 5.73. The topological polar surface area (TPSA) is 80.3 Å². The Hall–Kier alpha value is -3.33. The van der Waals surface area contributed by atoms with Gasteiger partial charge >= 0.3 is 12.0 Å². The summed E-state index contributed by atoms with van der Waals surface area (Å²) >= 11 is 1.48. The Labute approximate surface area is 194 Å². The summed E-state index contributed by atoms with van der Waals surface area (Å²) in [6.45, 7) is 0. The van der Waals surface area contributed by atoms with E-state index < -0.39 is 23.1 Å². The Kier molecular flexibility index (Phi) is 6.69. The summed E-state index contributed by atoms with van der Waals surface area (Å²) in [4.78, 5) is 30.2. The number of benzene rings is 2. The van der Waals surface area contributed by atoms with Crippen molar-refractivity contribution in [3.8, 4) is 10.4 Å². The van der Waals surface area contributed by atoms with Gasteiger partial charge in [-0.15, -0.1) is 11.3 Å². The van der Waals surface area contributed by atoms with Crippen LogP contribution in [-0.4, -0.2) is 24.1 Å². The van der Waals surface area contributed by atoms with Crippen LogP contribution in [0.25, 0.3) is 10.4 Å². The maximum atomic E-state index is 13.7. The summed E-state index contributed by atoms with van der Waals surface area (Å²) < 4.78 is 31.8. The zero-order valence-electron chi connectivity index (χ0n) is 18.0. The molecule has 6 nitrogen and oxygen atoms in total. The number of amides is 2. The number of nitrogens with zero attached hydrogens (tertiary/aromatic N) is 1. The predicted molar refractivity (Wildman–Crippen MR) is 123 cm³/mol. The maximum Gasteiger partial charge on any atom is 0.323 e. The number of hydrogen-bond donors (Lipinski definition) is 2. The average molecular weight is 472 g/mol. The van der Waals surface area contributed by atoms with Gasteiger partial charge in [0.05, 0.1) is 17.7 Å². The molecule has 0 bridgehead atoms. The molecule has 172 valence electrons. The van der Waals surface area contributed by atoms with Crippen LogP contribution in [0.2, 0.25) is 0 Å². The van der Waals surface area contributed by atoms with Gasteiger partial charge in [-0.25, -0.2) is 18.6 Å². The largest absolute Gasteiger partial charge is 0.468 e. The molecular formula is C24H23F2N3O3S. The van der Waals surface area contributed by atoms with E-state index in [0.717, 1.165) is 59.7 Å². The van der Waals surface area contributed by atoms with Gasteiger partial charge in [-0.05, 0) is 42.7 Å². The molecule has 0 atom stereocenters. The van der Waals surface area contributed by atoms with E-state index in [1.54, 1.807) is 18.3 Å². The van der Waals surface area contributed by atoms with Crippen LogP contribution in [0.5, 0.6) is 0 Å². The number of hydrogen-bond acceptors (Lipinski definition) is 5. The van der Waals surface area contributed by atoms with Crippen LogP contribution in [0.4, 0.5) is 25.0 Å². The molecular weight excluding hydrogens is 448 g/mol. The fourth-order valence-electron chi connectivity index (χ4n) is 4.08. The second-order valence-electron chi connectivity index (χ2n) is 7.94. The van der Waals surface area contributed by atoms with Crippen LogP contribution in [0.15, 0.2) is 48.7 Å². The summed E-state index contributed by atoms with van der Waals surface area (Å²) in [6, 6.07) is 9.36. The standard InChI is InChI=1S/C24H23F2N3O3S/c1-32-22(30)24(11-3-2-4-12-24)21-27-14-20(33-21)15-5-8-17(9-6-15)28-23(31)29-19-10-7-16(25)13-18(19)26/h5-10,13-14H,2-4,11-12H2,1H3,(H2,28,29,31). The number of aromatic nitrogens is 1. The Morgan fingerprint density at radius 2 is 1.76 bits per heavy atom. The smallest absolute Gasteiger partial charge is 0.323 e. The van der Waals surface area contributed by atoms with Gasteiger partial charge in [0.15, 0.2) is 0 Å². The molecule has 0 saturated heterocycles. The Bertz CT molecular complexity index is 1160. The van der Waals surface area contributed by atoms with E-state index in [1.165, 1.54) is 18.4 Å². The summed E-state index contributed by atoms with van der Waals surface area (Å²) in [5.74, 6) is -1.81. The monoisotopic (exact) mass is 471 g/mol. The van der Waals surface area contributed by atoms with E-state index >= 15 is 0 Å². The van der Waals surface area contributed by atoms with Gasteiger partial charge in [-0.1, -0.05) is 31.4 Å². The van der Waals surface area contributed by atoms with Crippen molar-refractivity contribution in [2.45, 2.75) is 37.5 Å². The van der Waals surface area contributed by atoms with E-state index in [2.05, 4.69) is 15.6 Å². The third kappa shape index (κ3) is 4.88. The number of rotatable bonds is 5. The third-order valence-corrected chi connectivity index (χ3v) is 7.06. The zero-order valence-corrected chi connectivity index (χ0v) is 18.8. The van der Waals surface area contributed by atoms with Crippen molar-refractivity contribution in [1.82, 2.24) is 4.98 Å². The van der Waals surface area contributed by atoms with Crippen molar-refractivity contribution in [2.24, 2.45) is 0 Å². The molecule has 9 heteroatoms. The van der Waals surface area contributed by atoms with Gasteiger partial charge in [0.2, 0.25) is 0 Å². The van der Waals surface area contributed by atoms with Gasteiger partial charge in [-0.2, -0.15) is 0 Å². The van der Waals surface area contributed by atoms with Gasteiger partial charge in [0, 0.05) is 18.0 Å². The molecule has 1 fully saturated rings. The lowest BCUT2D eigenvalue weighted by Gasteiger charge is -2.32. The van der Waals surface area contributed by atoms with Crippen LogP contribution in [0.1, 0.15) is 37.1 Å². The number of anilines is 2. The average Bonchev–Trinajstić information content (AvgIpc) is 3.32. The number of urea groups is 1. The zero-order chi connectivity index (χ0) is 23.4. The predicted octanol–water partition coefficient (Wildman–Crippen LogP) is 6.11. The number of ether oxygens (including phenoxy) is 1. The lowest BCUT2D eigenvalue weighted by atomic mass is 9.74. The molecule has 1 saturated carbocycles. The van der Waals surface area contributed by atoms with Gasteiger partial charge < -0.3 is 15.4 Å². The molecule has 1 aromatic heterocycles. The first-order valence-corrected chi connectivity index (χ1v) is 11.4. The van der Waals surface area contributed by atoms with Crippen LogP contribution in [0.3, 0.4) is 0 Å². The molecule has 0 radical (unpaired) electrons. The summed E-state index contributed by atoms with van der Waals surface area (Å²) in [6.07, 6.45) is 6.26. The number of carbonyl (C=O) groups excluding carboxylic acids is 2. The minimum Gasteiger partial charge on any atom is -0.468 e. The number of methoxy groups -OCH3 is 1. The number of esters is 1. The number of halogens is 2. The second kappa shape index (κ2) is 9.66. The molecule has 0 spiro atoms. The number of nitrogens with one attached hydrogen (secondary N) is 2. The van der Waals surface area contributed by atoms with Gasteiger partial charge in [0.1, 0.15) is 22.1 Å². The van der Waals surface area contributed by atoms with E-state index in [0.29, 0.717) is 11.8 Å². The van der Waals surface area contributed by atoms with Crippen LogP contribution in [0, 0.1) is 11.6 Å². The van der Waals surface area contributed by atoms with Crippen LogP contribution in [-0.2, 0) is 14.9 Å². The first-order chi connectivity index (χ1) is 15.9. The minimum atomic E-state index is -0.857. The quantitative estimate of drug-likeness (QED) is 0.440. The van der Waals surface area contributed by atoms with Crippen LogP contribution < -0.4 is 10.6 Å². The Morgan fingerprint density at radius 1 is 1.03 bits per heavy atom. The molecule has 2 aromatic carbocycles. The first-order valence-electron chi connectivity index (χ1n) is 10.6. The molecule has 33 heavy (non-hydrogen) atoms. The highest BCUT2D eigenvalue weighted by Gasteiger charge is 2.44. The molecule has 2 N–H and O–H groups in total. The van der Waals surface area contributed by atoms with Crippen molar-refractivity contribution in [3.05, 3.63) is 65.3 Å². The van der Waals surface area contributed by atoms with Gasteiger partial charge in [-0.3, -0.25) is 4.79 Å². The normalized spacial score (nSPS) is 15.0. The number of carbonyl (C=O) groups is 2. The molecule has 0 unspecified atom stereocenters. The first kappa shape index (κ1) is 22.8. The summed E-state index contributed by atoms with van der Waals surface area (Å²) in [5.41, 5.74) is 0.599. The number of thiazole rings is 1. The van der Waals surface area contributed by atoms with Crippen molar-refractivity contribution in [1.29, 1.82) is 0 Å². The Balaban J connectivity index is 1.46. The molecule has 4 rings (SSSR count). The van der Waals surface area contributed by atoms with Crippen LogP contribution >= 0.6 is 11.3 Å². The fourth-order valence-corrected chi connectivity index (χ4v) is 5.23. The molecule has 1 aliphatic carbocycles. The van der Waals surface area contributed by atoms with Crippen molar-refractivity contribution < 1.29 is 23.1 Å².